The van der Waals surface area contributed by atoms with Gasteiger partial charge < -0.3 is 4.42 Å². The number of rotatable bonds is 1. The van der Waals surface area contributed by atoms with Crippen LogP contribution in [0.1, 0.15) is 26.3 Å². The molecule has 3 heteroatoms. The summed E-state index contributed by atoms with van der Waals surface area (Å²) in [5.74, 6) is 0. The van der Waals surface area contributed by atoms with E-state index in [1.54, 1.807) is 0 Å². The van der Waals surface area contributed by atoms with Gasteiger partial charge in [0.05, 0.1) is 5.39 Å². The Morgan fingerprint density at radius 2 is 1.62 bits per heavy atom. The van der Waals surface area contributed by atoms with Crippen LogP contribution in [-0.2, 0) is 5.41 Å². The highest BCUT2D eigenvalue weighted by molar-refractivity contribution is 9.10. The van der Waals surface area contributed by atoms with Gasteiger partial charge in [0.1, 0.15) is 5.58 Å². The van der Waals surface area contributed by atoms with E-state index in [4.69, 9.17) is 4.42 Å². The Balaban J connectivity index is 2.08. The van der Waals surface area contributed by atoms with Crippen molar-refractivity contribution in [3.05, 3.63) is 81.1 Å². The Bertz CT molecular complexity index is 1200. The average molecular weight is 407 g/mol. The largest absolute Gasteiger partial charge is 0.422 e. The van der Waals surface area contributed by atoms with Gasteiger partial charge >= 0.3 is 5.63 Å². The second kappa shape index (κ2) is 6.10. The first-order valence-corrected chi connectivity index (χ1v) is 9.40. The van der Waals surface area contributed by atoms with Crippen LogP contribution < -0.4 is 5.63 Å². The molecule has 0 N–H and O–H groups in total. The minimum Gasteiger partial charge on any atom is -0.422 e. The van der Waals surface area contributed by atoms with Crippen molar-refractivity contribution in [3.63, 3.8) is 0 Å². The van der Waals surface area contributed by atoms with E-state index in [1.807, 2.05) is 42.5 Å². The van der Waals surface area contributed by atoms with E-state index in [0.29, 0.717) is 11.0 Å². The number of hydrogen-bond donors (Lipinski definition) is 0. The van der Waals surface area contributed by atoms with E-state index in [9.17, 15) is 4.79 Å². The van der Waals surface area contributed by atoms with E-state index in [2.05, 4.69) is 54.9 Å². The lowest BCUT2D eigenvalue weighted by molar-refractivity contribution is 0.566. The highest BCUT2D eigenvalue weighted by Crippen LogP contribution is 2.33. The quantitative estimate of drug-likeness (QED) is 0.260. The first-order chi connectivity index (χ1) is 12.3. The monoisotopic (exact) mass is 406 g/mol. The smallest absolute Gasteiger partial charge is 0.344 e. The van der Waals surface area contributed by atoms with Gasteiger partial charge in [0.15, 0.2) is 0 Å². The van der Waals surface area contributed by atoms with Crippen molar-refractivity contribution in [1.29, 1.82) is 0 Å². The molecule has 0 unspecified atom stereocenters. The van der Waals surface area contributed by atoms with Crippen LogP contribution in [0.4, 0.5) is 0 Å². The molecule has 0 atom stereocenters. The topological polar surface area (TPSA) is 30.2 Å². The molecule has 0 aliphatic heterocycles. The zero-order valence-corrected chi connectivity index (χ0v) is 16.6. The van der Waals surface area contributed by atoms with Gasteiger partial charge in [-0.15, -0.1) is 0 Å². The summed E-state index contributed by atoms with van der Waals surface area (Å²) < 4.78 is 6.58. The summed E-state index contributed by atoms with van der Waals surface area (Å²) >= 11 is 3.62. The summed E-state index contributed by atoms with van der Waals surface area (Å²) in [6.45, 7) is 6.55. The van der Waals surface area contributed by atoms with Crippen molar-refractivity contribution in [2.45, 2.75) is 26.2 Å². The highest BCUT2D eigenvalue weighted by atomic mass is 79.9. The average Bonchev–Trinajstić information content (AvgIpc) is 2.61. The standard InChI is InChI=1S/C23H19BrO2/c1-23(2,3)15-9-11-21-19(13-15)18-12-14(8-10-17(18)22(25)26-21)16-6-4-5-7-20(16)24/h4-13H,1-3H3. The molecular formula is C23H19BrO2. The second-order valence-electron chi connectivity index (χ2n) is 7.59. The van der Waals surface area contributed by atoms with Gasteiger partial charge in [0, 0.05) is 15.2 Å². The summed E-state index contributed by atoms with van der Waals surface area (Å²) in [6.07, 6.45) is 0. The van der Waals surface area contributed by atoms with Gasteiger partial charge in [-0.1, -0.05) is 67.0 Å². The van der Waals surface area contributed by atoms with Crippen LogP contribution in [0, 0.1) is 0 Å². The molecule has 0 spiro atoms. The number of benzene rings is 3. The number of hydrogen-bond acceptors (Lipinski definition) is 2. The zero-order chi connectivity index (χ0) is 18.5. The molecule has 4 rings (SSSR count). The predicted octanol–water partition coefficient (Wildman–Crippen LogP) is 6.67. The minimum absolute atomic E-state index is 0.0245. The highest BCUT2D eigenvalue weighted by Gasteiger charge is 2.16. The Labute approximate surface area is 160 Å². The van der Waals surface area contributed by atoms with Crippen LogP contribution in [0.2, 0.25) is 0 Å². The van der Waals surface area contributed by atoms with Crippen molar-refractivity contribution in [2.75, 3.05) is 0 Å². The van der Waals surface area contributed by atoms with E-state index in [1.165, 1.54) is 5.56 Å². The summed E-state index contributed by atoms with van der Waals surface area (Å²) in [4.78, 5) is 12.4. The molecule has 0 saturated carbocycles. The first-order valence-electron chi connectivity index (χ1n) is 8.60. The maximum Gasteiger partial charge on any atom is 0.344 e. The maximum atomic E-state index is 12.4. The molecule has 1 heterocycles. The molecule has 0 amide bonds. The van der Waals surface area contributed by atoms with Crippen LogP contribution in [0.25, 0.3) is 32.9 Å². The Kier molecular flexibility index (Phi) is 4.00. The van der Waals surface area contributed by atoms with Crippen LogP contribution in [0.5, 0.6) is 0 Å². The van der Waals surface area contributed by atoms with E-state index in [-0.39, 0.29) is 11.0 Å². The molecule has 26 heavy (non-hydrogen) atoms. The molecule has 0 bridgehead atoms. The van der Waals surface area contributed by atoms with Crippen LogP contribution in [-0.4, -0.2) is 0 Å². The van der Waals surface area contributed by atoms with Gasteiger partial charge in [0.25, 0.3) is 0 Å². The van der Waals surface area contributed by atoms with Gasteiger partial charge in [-0.05, 0) is 52.4 Å². The second-order valence-corrected chi connectivity index (χ2v) is 8.45. The lowest BCUT2D eigenvalue weighted by Crippen LogP contribution is -2.11. The van der Waals surface area contributed by atoms with E-state index < -0.39 is 0 Å². The zero-order valence-electron chi connectivity index (χ0n) is 15.0. The molecule has 0 saturated heterocycles. The summed E-state index contributed by atoms with van der Waals surface area (Å²) in [5, 5.41) is 2.51. The first kappa shape index (κ1) is 17.0. The molecule has 1 aromatic heterocycles. The number of fused-ring (bicyclic) bond motifs is 3. The molecule has 0 radical (unpaired) electrons. The van der Waals surface area contributed by atoms with Crippen LogP contribution >= 0.6 is 15.9 Å². The molecule has 130 valence electrons. The Morgan fingerprint density at radius 3 is 2.35 bits per heavy atom. The minimum atomic E-state index is -0.297. The third kappa shape index (κ3) is 2.86. The maximum absolute atomic E-state index is 12.4. The Hall–Kier alpha value is -2.39. The van der Waals surface area contributed by atoms with Crippen molar-refractivity contribution in [1.82, 2.24) is 0 Å². The van der Waals surface area contributed by atoms with Gasteiger partial charge in [-0.3, -0.25) is 0 Å². The van der Waals surface area contributed by atoms with E-state index in [0.717, 1.165) is 26.4 Å². The lowest BCUT2D eigenvalue weighted by atomic mass is 9.86. The molecule has 0 aliphatic rings. The fourth-order valence-corrected chi connectivity index (χ4v) is 3.77. The molecule has 3 aromatic carbocycles. The summed E-state index contributed by atoms with van der Waals surface area (Å²) in [7, 11) is 0. The fourth-order valence-electron chi connectivity index (χ4n) is 3.26. The van der Waals surface area contributed by atoms with Gasteiger partial charge in [0.2, 0.25) is 0 Å². The summed E-state index contributed by atoms with van der Waals surface area (Å²) in [5.41, 5.74) is 3.73. The van der Waals surface area contributed by atoms with Crippen molar-refractivity contribution >= 4 is 37.7 Å². The van der Waals surface area contributed by atoms with Gasteiger partial charge in [-0.2, -0.15) is 0 Å². The normalized spacial score (nSPS) is 12.0. The molecule has 0 fully saturated rings. The third-order valence-electron chi connectivity index (χ3n) is 4.76. The van der Waals surface area contributed by atoms with Gasteiger partial charge in [-0.25, -0.2) is 4.79 Å². The van der Waals surface area contributed by atoms with Crippen LogP contribution in [0.15, 0.2) is 74.3 Å². The number of halogens is 1. The van der Waals surface area contributed by atoms with E-state index >= 15 is 0 Å². The van der Waals surface area contributed by atoms with Crippen molar-refractivity contribution < 1.29 is 4.42 Å². The van der Waals surface area contributed by atoms with Crippen LogP contribution in [0.3, 0.4) is 0 Å². The molecular weight excluding hydrogens is 388 g/mol. The molecule has 0 aliphatic carbocycles. The predicted molar refractivity (Wildman–Crippen MR) is 112 cm³/mol. The Morgan fingerprint density at radius 1 is 0.846 bits per heavy atom. The third-order valence-corrected chi connectivity index (χ3v) is 5.45. The summed E-state index contributed by atoms with van der Waals surface area (Å²) in [6, 6.07) is 20.1. The molecule has 4 aromatic rings. The lowest BCUT2D eigenvalue weighted by Gasteiger charge is -2.19. The van der Waals surface area contributed by atoms with Crippen molar-refractivity contribution in [2.24, 2.45) is 0 Å². The van der Waals surface area contributed by atoms with Crippen molar-refractivity contribution in [3.8, 4) is 11.1 Å². The SMILES string of the molecule is CC(C)(C)c1ccc2oc(=O)c3ccc(-c4ccccc4Br)cc3c2c1. The fraction of sp³-hybridized carbons (Fsp3) is 0.174. The molecule has 2 nitrogen and oxygen atoms in total.